The molecular weight excluding hydrogens is 321 g/mol. The van der Waals surface area contributed by atoms with Gasteiger partial charge in [-0.1, -0.05) is 87.5 Å². The summed E-state index contributed by atoms with van der Waals surface area (Å²) in [5.74, 6) is 0. The Balaban J connectivity index is 1.79. The zero-order chi connectivity index (χ0) is 18.0. The van der Waals surface area contributed by atoms with Crippen LogP contribution < -0.4 is 5.30 Å². The second-order valence-electron chi connectivity index (χ2n) is 7.79. The minimum absolute atomic E-state index is 0.212. The van der Waals surface area contributed by atoms with E-state index in [0.29, 0.717) is 14.8 Å². The van der Waals surface area contributed by atoms with Gasteiger partial charge in [0.25, 0.3) is 0 Å². The Morgan fingerprint density at radius 2 is 1.48 bits per heavy atom. The monoisotopic (exact) mass is 349 g/mol. The number of fused-ring (bicyclic) bond motifs is 1. The third kappa shape index (κ3) is 4.11. The molecule has 0 heterocycles. The summed E-state index contributed by atoms with van der Waals surface area (Å²) < 4.78 is 2.45. The minimum Gasteiger partial charge on any atom is -0.277 e. The number of hydrogen-bond donors (Lipinski definition) is 0. The highest BCUT2D eigenvalue weighted by atomic mass is 31.1. The average Bonchev–Trinajstić information content (AvgIpc) is 2.60. The summed E-state index contributed by atoms with van der Waals surface area (Å²) in [5.41, 5.74) is 3.01. The van der Waals surface area contributed by atoms with Gasteiger partial charge in [0.1, 0.15) is 0 Å². The maximum absolute atomic E-state index is 2.45. The molecule has 0 aliphatic rings. The average molecular weight is 349 g/mol. The first-order valence-corrected chi connectivity index (χ1v) is 9.88. The van der Waals surface area contributed by atoms with Gasteiger partial charge in [0, 0.05) is 6.04 Å². The molecule has 3 aromatic carbocycles. The van der Waals surface area contributed by atoms with Gasteiger partial charge < -0.3 is 0 Å². The summed E-state index contributed by atoms with van der Waals surface area (Å²) in [4.78, 5) is 0. The number of rotatable bonds is 4. The van der Waals surface area contributed by atoms with Gasteiger partial charge in [-0.25, -0.2) is 0 Å². The highest BCUT2D eigenvalue weighted by molar-refractivity contribution is 7.44. The molecule has 0 bridgehead atoms. The van der Waals surface area contributed by atoms with E-state index in [1.165, 1.54) is 27.2 Å². The third-order valence-electron chi connectivity index (χ3n) is 4.91. The highest BCUT2D eigenvalue weighted by Gasteiger charge is 2.16. The van der Waals surface area contributed by atoms with Crippen LogP contribution in [0.15, 0.2) is 66.7 Å². The van der Waals surface area contributed by atoms with Crippen LogP contribution in [0.5, 0.6) is 0 Å². The Morgan fingerprint density at radius 3 is 2.16 bits per heavy atom. The standard InChI is InChI=1S/C23H28NP/c1-17(21-12-8-10-18-9-6-7-11-22(18)21)24(5)25-20-15-13-19(14-16-20)23(2,3)4/h6-17,25H,1-5H3/t17-/m1/s1. The predicted octanol–water partition coefficient (Wildman–Crippen LogP) is 6.05. The van der Waals surface area contributed by atoms with E-state index in [9.17, 15) is 0 Å². The van der Waals surface area contributed by atoms with Crippen LogP contribution in [0.25, 0.3) is 10.8 Å². The Bertz CT molecular complexity index is 841. The first kappa shape index (κ1) is 18.1. The van der Waals surface area contributed by atoms with Crippen molar-refractivity contribution in [2.24, 2.45) is 0 Å². The lowest BCUT2D eigenvalue weighted by Crippen LogP contribution is -2.17. The summed E-state index contributed by atoms with van der Waals surface area (Å²) in [6.07, 6.45) is 0. The smallest absolute Gasteiger partial charge is 0.0360 e. The molecule has 0 aliphatic heterocycles. The summed E-state index contributed by atoms with van der Waals surface area (Å²) in [5, 5.41) is 4.07. The number of nitrogens with zero attached hydrogens (tertiary/aromatic N) is 1. The fourth-order valence-corrected chi connectivity index (χ4v) is 4.22. The molecule has 2 atom stereocenters. The number of benzene rings is 3. The molecule has 0 aliphatic carbocycles. The normalized spacial score (nSPS) is 13.8. The first-order chi connectivity index (χ1) is 11.9. The van der Waals surface area contributed by atoms with Crippen molar-refractivity contribution in [3.05, 3.63) is 77.9 Å². The maximum Gasteiger partial charge on any atom is 0.0360 e. The predicted molar refractivity (Wildman–Crippen MR) is 113 cm³/mol. The van der Waals surface area contributed by atoms with Crippen LogP contribution in [0, 0.1) is 0 Å². The van der Waals surface area contributed by atoms with Crippen molar-refractivity contribution < 1.29 is 0 Å². The largest absolute Gasteiger partial charge is 0.277 e. The lowest BCUT2D eigenvalue weighted by Gasteiger charge is -2.26. The van der Waals surface area contributed by atoms with Gasteiger partial charge in [-0.15, -0.1) is 0 Å². The van der Waals surface area contributed by atoms with E-state index in [1.54, 1.807) is 0 Å². The zero-order valence-corrected chi connectivity index (χ0v) is 16.9. The van der Waals surface area contributed by atoms with Crippen molar-refractivity contribution in [1.82, 2.24) is 4.67 Å². The molecule has 1 nitrogen and oxygen atoms in total. The Labute approximate surface area is 153 Å². The summed E-state index contributed by atoms with van der Waals surface area (Å²) in [6, 6.07) is 24.8. The van der Waals surface area contributed by atoms with Gasteiger partial charge in [0.05, 0.1) is 0 Å². The van der Waals surface area contributed by atoms with E-state index < -0.39 is 0 Å². The summed E-state index contributed by atoms with van der Waals surface area (Å²) in [7, 11) is 2.89. The topological polar surface area (TPSA) is 3.24 Å². The lowest BCUT2D eigenvalue weighted by molar-refractivity contribution is 0.451. The van der Waals surface area contributed by atoms with Crippen molar-refractivity contribution >= 4 is 24.8 Å². The van der Waals surface area contributed by atoms with Crippen LogP contribution in [0.1, 0.15) is 44.9 Å². The summed E-state index contributed by atoms with van der Waals surface area (Å²) >= 11 is 0. The van der Waals surface area contributed by atoms with Gasteiger partial charge >= 0.3 is 0 Å². The lowest BCUT2D eigenvalue weighted by atomic mass is 9.87. The fourth-order valence-electron chi connectivity index (χ4n) is 3.17. The van der Waals surface area contributed by atoms with Crippen molar-refractivity contribution in [2.75, 3.05) is 7.05 Å². The first-order valence-electron chi connectivity index (χ1n) is 8.94. The maximum atomic E-state index is 2.45. The van der Waals surface area contributed by atoms with E-state index in [-0.39, 0.29) is 5.41 Å². The van der Waals surface area contributed by atoms with Gasteiger partial charge in [-0.05, 0) is 55.3 Å². The van der Waals surface area contributed by atoms with E-state index in [0.717, 1.165) is 0 Å². The SMILES string of the molecule is C[C@H](c1cccc2ccccc12)N(C)Pc1ccc(C(C)(C)C)cc1. The summed E-state index contributed by atoms with van der Waals surface area (Å²) in [6.45, 7) is 9.09. The molecule has 3 rings (SSSR count). The van der Waals surface area contributed by atoms with Gasteiger partial charge in [0.2, 0.25) is 0 Å². The molecule has 0 saturated heterocycles. The molecule has 0 aromatic heterocycles. The van der Waals surface area contributed by atoms with Crippen LogP contribution in [-0.4, -0.2) is 11.7 Å². The highest BCUT2D eigenvalue weighted by Crippen LogP contribution is 2.33. The fraction of sp³-hybridized carbons (Fsp3) is 0.304. The molecule has 25 heavy (non-hydrogen) atoms. The molecule has 0 radical (unpaired) electrons. The van der Waals surface area contributed by atoms with Crippen molar-refractivity contribution in [3.63, 3.8) is 0 Å². The molecule has 0 N–H and O–H groups in total. The molecule has 130 valence electrons. The van der Waals surface area contributed by atoms with Gasteiger partial charge in [-0.3, -0.25) is 4.67 Å². The minimum atomic E-state index is 0.212. The van der Waals surface area contributed by atoms with Crippen LogP contribution in [-0.2, 0) is 5.41 Å². The molecule has 3 aromatic rings. The van der Waals surface area contributed by atoms with Crippen molar-refractivity contribution in [2.45, 2.75) is 39.2 Å². The molecule has 1 unspecified atom stereocenters. The van der Waals surface area contributed by atoms with E-state index >= 15 is 0 Å². The molecule has 0 amide bonds. The van der Waals surface area contributed by atoms with Crippen LogP contribution in [0.4, 0.5) is 0 Å². The molecule has 0 saturated carbocycles. The molecule has 2 heteroatoms. The van der Waals surface area contributed by atoms with Crippen LogP contribution in [0.3, 0.4) is 0 Å². The third-order valence-corrected chi connectivity index (χ3v) is 6.24. The van der Waals surface area contributed by atoms with E-state index in [2.05, 4.69) is 106 Å². The Hall–Kier alpha value is -1.69. The Morgan fingerprint density at radius 1 is 0.840 bits per heavy atom. The second-order valence-corrected chi connectivity index (χ2v) is 9.30. The van der Waals surface area contributed by atoms with E-state index in [1.807, 2.05) is 0 Å². The Kier molecular flexibility index (Phi) is 5.27. The van der Waals surface area contributed by atoms with Gasteiger partial charge in [-0.2, -0.15) is 0 Å². The molecular formula is C23H28NP. The van der Waals surface area contributed by atoms with Crippen molar-refractivity contribution in [1.29, 1.82) is 0 Å². The quantitative estimate of drug-likeness (QED) is 0.518. The second kappa shape index (κ2) is 7.28. The zero-order valence-electron chi connectivity index (χ0n) is 15.9. The van der Waals surface area contributed by atoms with Crippen molar-refractivity contribution in [3.8, 4) is 0 Å². The van der Waals surface area contributed by atoms with E-state index in [4.69, 9.17) is 0 Å². The van der Waals surface area contributed by atoms with Crippen LogP contribution in [0.2, 0.25) is 0 Å². The molecule has 0 spiro atoms. The van der Waals surface area contributed by atoms with Crippen LogP contribution >= 0.6 is 8.73 Å². The van der Waals surface area contributed by atoms with Gasteiger partial charge in [0.15, 0.2) is 0 Å². The number of hydrogen-bond acceptors (Lipinski definition) is 1. The molecule has 0 fully saturated rings.